The molecule has 0 unspecified atom stereocenters. The predicted molar refractivity (Wildman–Crippen MR) is 79.6 cm³/mol. The Balaban J connectivity index is 1.83. The number of rotatable bonds is 2. The topological polar surface area (TPSA) is 49.0 Å². The largest absolute Gasteiger partial charge is 0.339 e. The van der Waals surface area contributed by atoms with Crippen LogP contribution in [0, 0.1) is 5.92 Å². The number of H-pyrrole nitrogens is 1. The van der Waals surface area contributed by atoms with E-state index in [9.17, 15) is 4.79 Å². The van der Waals surface area contributed by atoms with Gasteiger partial charge in [-0.05, 0) is 37.7 Å². The number of nitrogens with one attached hydrogen (secondary N) is 1. The SMILES string of the molecule is CC1CCC(N(C)C(=O)c2cccc3cn[nH]c23)CC1. The summed E-state index contributed by atoms with van der Waals surface area (Å²) in [6, 6.07) is 6.14. The van der Waals surface area contributed by atoms with Crippen molar-refractivity contribution >= 4 is 16.8 Å². The van der Waals surface area contributed by atoms with E-state index in [1.54, 1.807) is 6.20 Å². The van der Waals surface area contributed by atoms with Gasteiger partial charge in [-0.3, -0.25) is 9.89 Å². The molecule has 1 aliphatic carbocycles. The van der Waals surface area contributed by atoms with E-state index in [0.717, 1.165) is 35.2 Å². The summed E-state index contributed by atoms with van der Waals surface area (Å²) in [6.45, 7) is 2.30. The molecule has 0 spiro atoms. The summed E-state index contributed by atoms with van der Waals surface area (Å²) in [4.78, 5) is 14.6. The summed E-state index contributed by atoms with van der Waals surface area (Å²) in [7, 11) is 1.93. The summed E-state index contributed by atoms with van der Waals surface area (Å²) in [5.41, 5.74) is 1.56. The molecule has 20 heavy (non-hydrogen) atoms. The lowest BCUT2D eigenvalue weighted by molar-refractivity contribution is 0.0681. The Morgan fingerprint density at radius 2 is 2.05 bits per heavy atom. The molecular formula is C16H21N3O. The number of hydrogen-bond donors (Lipinski definition) is 1. The highest BCUT2D eigenvalue weighted by atomic mass is 16.2. The Morgan fingerprint density at radius 1 is 1.30 bits per heavy atom. The van der Waals surface area contributed by atoms with Crippen LogP contribution in [0.1, 0.15) is 43.0 Å². The van der Waals surface area contributed by atoms with Crippen molar-refractivity contribution in [3.8, 4) is 0 Å². The van der Waals surface area contributed by atoms with Gasteiger partial charge in [0.2, 0.25) is 0 Å². The van der Waals surface area contributed by atoms with Crippen LogP contribution in [0.5, 0.6) is 0 Å². The van der Waals surface area contributed by atoms with Gasteiger partial charge >= 0.3 is 0 Å². The van der Waals surface area contributed by atoms with E-state index in [2.05, 4.69) is 17.1 Å². The quantitative estimate of drug-likeness (QED) is 0.911. The molecule has 1 aromatic heterocycles. The van der Waals surface area contributed by atoms with Gasteiger partial charge in [0.15, 0.2) is 0 Å². The fourth-order valence-electron chi connectivity index (χ4n) is 3.13. The predicted octanol–water partition coefficient (Wildman–Crippen LogP) is 3.21. The molecule has 0 aliphatic heterocycles. The normalized spacial score (nSPS) is 22.9. The van der Waals surface area contributed by atoms with Crippen LogP contribution < -0.4 is 0 Å². The fourth-order valence-corrected chi connectivity index (χ4v) is 3.13. The Kier molecular flexibility index (Phi) is 3.47. The summed E-state index contributed by atoms with van der Waals surface area (Å²) >= 11 is 0. The van der Waals surface area contributed by atoms with E-state index in [-0.39, 0.29) is 5.91 Å². The highest BCUT2D eigenvalue weighted by Crippen LogP contribution is 2.28. The zero-order valence-corrected chi connectivity index (χ0v) is 12.1. The van der Waals surface area contributed by atoms with Crippen LogP contribution in [0.25, 0.3) is 10.9 Å². The van der Waals surface area contributed by atoms with Gasteiger partial charge < -0.3 is 4.90 Å². The Hall–Kier alpha value is -1.84. The molecular weight excluding hydrogens is 250 g/mol. The molecule has 0 bridgehead atoms. The second kappa shape index (κ2) is 5.27. The number of benzene rings is 1. The molecule has 1 saturated carbocycles. The minimum atomic E-state index is 0.0967. The number of carbonyl (C=O) groups excluding carboxylic acids is 1. The van der Waals surface area contributed by atoms with E-state index < -0.39 is 0 Å². The zero-order valence-electron chi connectivity index (χ0n) is 12.1. The van der Waals surface area contributed by atoms with Crippen molar-refractivity contribution in [1.29, 1.82) is 0 Å². The van der Waals surface area contributed by atoms with Crippen molar-refractivity contribution in [1.82, 2.24) is 15.1 Å². The van der Waals surface area contributed by atoms with Crippen molar-refractivity contribution in [3.05, 3.63) is 30.0 Å². The van der Waals surface area contributed by atoms with Crippen LogP contribution in [0.3, 0.4) is 0 Å². The number of aromatic nitrogens is 2. The Labute approximate surface area is 119 Å². The molecule has 2 aromatic rings. The molecule has 1 fully saturated rings. The number of amides is 1. The Bertz CT molecular complexity index is 611. The van der Waals surface area contributed by atoms with Gasteiger partial charge in [-0.2, -0.15) is 5.10 Å². The molecule has 106 valence electrons. The van der Waals surface area contributed by atoms with Gasteiger partial charge in [0.05, 0.1) is 17.3 Å². The minimum absolute atomic E-state index is 0.0967. The van der Waals surface area contributed by atoms with Crippen molar-refractivity contribution in [3.63, 3.8) is 0 Å². The monoisotopic (exact) mass is 271 g/mol. The third-order valence-electron chi connectivity index (χ3n) is 4.56. The Morgan fingerprint density at radius 3 is 2.80 bits per heavy atom. The zero-order chi connectivity index (χ0) is 14.1. The average Bonchev–Trinajstić information content (AvgIpc) is 2.95. The molecule has 1 N–H and O–H groups in total. The smallest absolute Gasteiger partial charge is 0.256 e. The van der Waals surface area contributed by atoms with E-state index in [1.165, 1.54) is 12.8 Å². The summed E-state index contributed by atoms with van der Waals surface area (Å²) < 4.78 is 0. The van der Waals surface area contributed by atoms with E-state index in [4.69, 9.17) is 0 Å². The molecule has 0 saturated heterocycles. The third kappa shape index (κ3) is 2.30. The lowest BCUT2D eigenvalue weighted by atomic mass is 9.86. The highest BCUT2D eigenvalue weighted by Gasteiger charge is 2.26. The van der Waals surface area contributed by atoms with Gasteiger partial charge in [0.1, 0.15) is 0 Å². The molecule has 1 amide bonds. The summed E-state index contributed by atoms with van der Waals surface area (Å²) in [5.74, 6) is 0.894. The first-order chi connectivity index (χ1) is 9.66. The van der Waals surface area contributed by atoms with Crippen LogP contribution >= 0.6 is 0 Å². The molecule has 0 atom stereocenters. The maximum atomic E-state index is 12.7. The average molecular weight is 271 g/mol. The van der Waals surface area contributed by atoms with Crippen LogP contribution in [0.15, 0.2) is 24.4 Å². The number of hydrogen-bond acceptors (Lipinski definition) is 2. The van der Waals surface area contributed by atoms with Gasteiger partial charge in [-0.1, -0.05) is 19.1 Å². The number of fused-ring (bicyclic) bond motifs is 1. The highest BCUT2D eigenvalue weighted by molar-refractivity contribution is 6.05. The lowest BCUT2D eigenvalue weighted by Gasteiger charge is -2.33. The maximum absolute atomic E-state index is 12.7. The first-order valence-corrected chi connectivity index (χ1v) is 7.36. The first kappa shape index (κ1) is 13.2. The van der Waals surface area contributed by atoms with Crippen molar-refractivity contribution in [2.45, 2.75) is 38.6 Å². The van der Waals surface area contributed by atoms with E-state index in [1.807, 2.05) is 30.1 Å². The molecule has 4 nitrogen and oxygen atoms in total. The molecule has 4 heteroatoms. The number of carbonyl (C=O) groups is 1. The number of para-hydroxylation sites is 1. The summed E-state index contributed by atoms with van der Waals surface area (Å²) in [6.07, 6.45) is 6.42. The number of aromatic amines is 1. The minimum Gasteiger partial charge on any atom is -0.339 e. The molecule has 1 aliphatic rings. The van der Waals surface area contributed by atoms with Crippen LogP contribution in [-0.4, -0.2) is 34.1 Å². The van der Waals surface area contributed by atoms with Crippen molar-refractivity contribution in [2.75, 3.05) is 7.05 Å². The summed E-state index contributed by atoms with van der Waals surface area (Å²) in [5, 5.41) is 7.95. The number of nitrogens with zero attached hydrogens (tertiary/aromatic N) is 2. The lowest BCUT2D eigenvalue weighted by Crippen LogP contribution is -2.39. The van der Waals surface area contributed by atoms with E-state index >= 15 is 0 Å². The van der Waals surface area contributed by atoms with Crippen LogP contribution in [0.2, 0.25) is 0 Å². The molecule has 3 rings (SSSR count). The van der Waals surface area contributed by atoms with Gasteiger partial charge in [-0.15, -0.1) is 0 Å². The van der Waals surface area contributed by atoms with Gasteiger partial charge in [0.25, 0.3) is 5.91 Å². The second-order valence-electron chi connectivity index (χ2n) is 5.97. The van der Waals surface area contributed by atoms with Crippen molar-refractivity contribution < 1.29 is 4.79 Å². The first-order valence-electron chi connectivity index (χ1n) is 7.36. The third-order valence-corrected chi connectivity index (χ3v) is 4.56. The van der Waals surface area contributed by atoms with Crippen LogP contribution in [-0.2, 0) is 0 Å². The van der Waals surface area contributed by atoms with E-state index in [0.29, 0.717) is 6.04 Å². The maximum Gasteiger partial charge on any atom is 0.256 e. The molecule has 0 radical (unpaired) electrons. The van der Waals surface area contributed by atoms with Gasteiger partial charge in [-0.25, -0.2) is 0 Å². The standard InChI is InChI=1S/C16H21N3O/c1-11-6-8-13(9-7-11)19(2)16(20)14-5-3-4-12-10-17-18-15(12)14/h3-5,10-11,13H,6-9H2,1-2H3,(H,17,18). The van der Waals surface area contributed by atoms with Crippen molar-refractivity contribution in [2.24, 2.45) is 5.92 Å². The molecule has 1 aromatic carbocycles. The second-order valence-corrected chi connectivity index (χ2v) is 5.97. The molecule has 1 heterocycles. The fraction of sp³-hybridized carbons (Fsp3) is 0.500. The van der Waals surface area contributed by atoms with Crippen LogP contribution in [0.4, 0.5) is 0 Å². The van der Waals surface area contributed by atoms with Gasteiger partial charge in [0, 0.05) is 18.5 Å².